The molecule has 0 saturated carbocycles. The van der Waals surface area contributed by atoms with Crippen molar-refractivity contribution in [3.05, 3.63) is 47.3 Å². The van der Waals surface area contributed by atoms with Crippen LogP contribution in [-0.2, 0) is 0 Å². The number of halogens is 1. The first-order chi connectivity index (χ1) is 13.6. The molecule has 6 heteroatoms. The average molecular weight is 400 g/mol. The van der Waals surface area contributed by atoms with E-state index in [0.717, 1.165) is 47.4 Å². The van der Waals surface area contributed by atoms with Crippen LogP contribution < -0.4 is 14.8 Å². The van der Waals surface area contributed by atoms with Gasteiger partial charge in [-0.2, -0.15) is 0 Å². The molecule has 0 amide bonds. The summed E-state index contributed by atoms with van der Waals surface area (Å²) in [5.74, 6) is 1.23. The number of aromatic nitrogens is 2. The minimum Gasteiger partial charge on any atom is -0.495 e. The Bertz CT molecular complexity index is 995. The summed E-state index contributed by atoms with van der Waals surface area (Å²) in [6, 6.07) is 7.68. The maximum Gasteiger partial charge on any atom is 0.144 e. The number of anilines is 2. The Morgan fingerprint density at radius 3 is 2.61 bits per heavy atom. The van der Waals surface area contributed by atoms with Gasteiger partial charge in [-0.05, 0) is 30.5 Å². The van der Waals surface area contributed by atoms with Gasteiger partial charge in [0.2, 0.25) is 0 Å². The molecule has 0 saturated heterocycles. The molecule has 148 valence electrons. The van der Waals surface area contributed by atoms with Gasteiger partial charge in [0.1, 0.15) is 17.1 Å². The molecule has 0 unspecified atom stereocenters. The third kappa shape index (κ3) is 4.09. The molecule has 3 rings (SSSR count). The number of aromatic amines is 1. The topological polar surface area (TPSA) is 59.2 Å². The van der Waals surface area contributed by atoms with Gasteiger partial charge in [-0.15, -0.1) is 0 Å². The van der Waals surface area contributed by atoms with E-state index in [-0.39, 0.29) is 0 Å². The number of nitrogens with zero attached hydrogens (tertiary/aromatic N) is 1. The van der Waals surface area contributed by atoms with Crippen LogP contribution in [0.4, 0.5) is 11.4 Å². The summed E-state index contributed by atoms with van der Waals surface area (Å²) in [5, 5.41) is 4.96. The van der Waals surface area contributed by atoms with Gasteiger partial charge in [0.15, 0.2) is 0 Å². The van der Waals surface area contributed by atoms with E-state index in [1.54, 1.807) is 26.5 Å². The van der Waals surface area contributed by atoms with Gasteiger partial charge >= 0.3 is 0 Å². The van der Waals surface area contributed by atoms with E-state index in [1.807, 2.05) is 12.1 Å². The Balaban J connectivity index is 2.04. The van der Waals surface area contributed by atoms with Gasteiger partial charge < -0.3 is 19.8 Å². The number of benzene rings is 1. The van der Waals surface area contributed by atoms with Crippen molar-refractivity contribution in [1.29, 1.82) is 0 Å². The zero-order valence-electron chi connectivity index (χ0n) is 16.7. The summed E-state index contributed by atoms with van der Waals surface area (Å²) in [6.07, 6.45) is 7.19. The Morgan fingerprint density at radius 1 is 1.14 bits per heavy atom. The zero-order chi connectivity index (χ0) is 20.1. The summed E-state index contributed by atoms with van der Waals surface area (Å²) in [6.45, 7) is 4.35. The maximum atomic E-state index is 6.22. The molecule has 0 atom stereocenters. The zero-order valence-corrected chi connectivity index (χ0v) is 17.5. The van der Waals surface area contributed by atoms with Gasteiger partial charge in [0.05, 0.1) is 30.6 Å². The van der Waals surface area contributed by atoms with Crippen LogP contribution in [0.15, 0.2) is 36.5 Å². The van der Waals surface area contributed by atoms with Crippen LogP contribution in [0.25, 0.3) is 16.6 Å². The molecular weight excluding hydrogens is 374 g/mol. The number of fused-ring (bicyclic) bond motifs is 1. The number of ether oxygens (including phenoxy) is 2. The first kappa shape index (κ1) is 20.1. The smallest absolute Gasteiger partial charge is 0.144 e. The van der Waals surface area contributed by atoms with Crippen LogP contribution >= 0.6 is 11.6 Å². The Labute approximate surface area is 170 Å². The largest absolute Gasteiger partial charge is 0.495 e. The van der Waals surface area contributed by atoms with Crippen molar-refractivity contribution in [3.63, 3.8) is 0 Å². The highest BCUT2D eigenvalue weighted by Crippen LogP contribution is 2.38. The van der Waals surface area contributed by atoms with E-state index in [2.05, 4.69) is 41.3 Å². The SMILES string of the molecule is CC/C=C(\CCC)c1cc2c(Nc3cc(OC)c(Cl)cc3OC)ccnc2[nH]1. The first-order valence-electron chi connectivity index (χ1n) is 9.46. The molecule has 0 aliphatic rings. The molecule has 0 spiro atoms. The van der Waals surface area contributed by atoms with E-state index in [0.29, 0.717) is 16.5 Å². The monoisotopic (exact) mass is 399 g/mol. The van der Waals surface area contributed by atoms with Crippen molar-refractivity contribution >= 4 is 39.6 Å². The van der Waals surface area contributed by atoms with Crippen molar-refractivity contribution in [2.45, 2.75) is 33.1 Å². The fourth-order valence-corrected chi connectivity index (χ4v) is 3.51. The number of allylic oxidation sites excluding steroid dienone is 2. The summed E-state index contributed by atoms with van der Waals surface area (Å²) in [5.41, 5.74) is 4.98. The fourth-order valence-electron chi connectivity index (χ4n) is 3.27. The molecule has 3 aromatic rings. The number of rotatable bonds is 8. The number of hydrogen-bond acceptors (Lipinski definition) is 4. The van der Waals surface area contributed by atoms with Gasteiger partial charge in [0, 0.05) is 29.4 Å². The van der Waals surface area contributed by atoms with Crippen molar-refractivity contribution in [3.8, 4) is 11.5 Å². The standard InChI is InChI=1S/C22H26ClN3O2/c1-5-7-14(8-6-2)18-11-15-17(9-10-24-22(15)26-18)25-19-13-20(27-3)16(23)12-21(19)28-4/h7,9-13H,5-6,8H2,1-4H3,(H2,24,25,26)/b14-7+. The molecule has 0 fully saturated rings. The third-order valence-electron chi connectivity index (χ3n) is 4.59. The molecule has 0 radical (unpaired) electrons. The normalized spacial score (nSPS) is 11.7. The van der Waals surface area contributed by atoms with Crippen LogP contribution in [0.2, 0.25) is 5.02 Å². The van der Waals surface area contributed by atoms with Crippen LogP contribution in [0, 0.1) is 0 Å². The second-order valence-electron chi connectivity index (χ2n) is 6.50. The molecule has 28 heavy (non-hydrogen) atoms. The van der Waals surface area contributed by atoms with Gasteiger partial charge in [-0.1, -0.05) is 37.9 Å². The Hall–Kier alpha value is -2.66. The highest BCUT2D eigenvalue weighted by atomic mass is 35.5. The lowest BCUT2D eigenvalue weighted by Crippen LogP contribution is -1.97. The van der Waals surface area contributed by atoms with Gasteiger partial charge in [0.25, 0.3) is 0 Å². The van der Waals surface area contributed by atoms with Crippen LogP contribution in [-0.4, -0.2) is 24.2 Å². The number of methoxy groups -OCH3 is 2. The molecule has 5 nitrogen and oxygen atoms in total. The molecule has 1 aromatic carbocycles. The van der Waals surface area contributed by atoms with Crippen LogP contribution in [0.5, 0.6) is 11.5 Å². The molecule has 2 aromatic heterocycles. The van der Waals surface area contributed by atoms with Crippen molar-refractivity contribution in [2.75, 3.05) is 19.5 Å². The van der Waals surface area contributed by atoms with E-state index in [4.69, 9.17) is 21.1 Å². The number of pyridine rings is 1. The maximum absolute atomic E-state index is 6.22. The van der Waals surface area contributed by atoms with E-state index in [9.17, 15) is 0 Å². The van der Waals surface area contributed by atoms with E-state index in [1.165, 1.54) is 5.57 Å². The molecule has 0 aliphatic heterocycles. The second-order valence-corrected chi connectivity index (χ2v) is 6.91. The quantitative estimate of drug-likeness (QED) is 0.449. The lowest BCUT2D eigenvalue weighted by Gasteiger charge is -2.14. The summed E-state index contributed by atoms with van der Waals surface area (Å²) >= 11 is 6.22. The molecular formula is C22H26ClN3O2. The average Bonchev–Trinajstić information content (AvgIpc) is 3.14. The third-order valence-corrected chi connectivity index (χ3v) is 4.89. The molecule has 2 heterocycles. The first-order valence-corrected chi connectivity index (χ1v) is 9.84. The second kappa shape index (κ2) is 9.02. The van der Waals surface area contributed by atoms with Crippen LogP contribution in [0.1, 0.15) is 38.8 Å². The van der Waals surface area contributed by atoms with Crippen LogP contribution in [0.3, 0.4) is 0 Å². The van der Waals surface area contributed by atoms with Crippen molar-refractivity contribution < 1.29 is 9.47 Å². The summed E-state index contributed by atoms with van der Waals surface area (Å²) < 4.78 is 10.8. The van der Waals surface area contributed by atoms with Crippen molar-refractivity contribution in [2.24, 2.45) is 0 Å². The lowest BCUT2D eigenvalue weighted by atomic mass is 10.1. The number of hydrogen-bond donors (Lipinski definition) is 2. The minimum atomic E-state index is 0.502. The van der Waals surface area contributed by atoms with Crippen molar-refractivity contribution in [1.82, 2.24) is 9.97 Å². The molecule has 0 bridgehead atoms. The van der Waals surface area contributed by atoms with E-state index < -0.39 is 0 Å². The highest BCUT2D eigenvalue weighted by Gasteiger charge is 2.14. The Kier molecular flexibility index (Phi) is 6.47. The van der Waals surface area contributed by atoms with E-state index >= 15 is 0 Å². The summed E-state index contributed by atoms with van der Waals surface area (Å²) in [4.78, 5) is 7.95. The molecule has 2 N–H and O–H groups in total. The lowest BCUT2D eigenvalue weighted by molar-refractivity contribution is 0.405. The summed E-state index contributed by atoms with van der Waals surface area (Å²) in [7, 11) is 3.21. The predicted molar refractivity (Wildman–Crippen MR) is 117 cm³/mol. The minimum absolute atomic E-state index is 0.502. The number of H-pyrrole nitrogens is 1. The number of nitrogens with one attached hydrogen (secondary N) is 2. The predicted octanol–water partition coefficient (Wildman–Crippen LogP) is 6.57. The van der Waals surface area contributed by atoms with Gasteiger partial charge in [-0.25, -0.2) is 4.98 Å². The fraction of sp³-hybridized carbons (Fsp3) is 0.318. The Morgan fingerprint density at radius 2 is 1.93 bits per heavy atom. The molecule has 0 aliphatic carbocycles. The highest BCUT2D eigenvalue weighted by molar-refractivity contribution is 6.32. The van der Waals surface area contributed by atoms with Gasteiger partial charge in [-0.3, -0.25) is 0 Å².